The quantitative estimate of drug-likeness (QED) is 0.884. The lowest BCUT2D eigenvalue weighted by Gasteiger charge is -2.42. The molecule has 1 fully saturated rings. The van der Waals surface area contributed by atoms with Crippen molar-refractivity contribution in [3.63, 3.8) is 0 Å². The van der Waals surface area contributed by atoms with E-state index >= 15 is 0 Å². The average Bonchev–Trinajstić information content (AvgIpc) is 3.02. The first-order chi connectivity index (χ1) is 11.8. The summed E-state index contributed by atoms with van der Waals surface area (Å²) in [7, 11) is 0. The molecule has 0 saturated carbocycles. The Morgan fingerprint density at radius 2 is 1.85 bits per heavy atom. The zero-order valence-electron chi connectivity index (χ0n) is 16.0. The van der Waals surface area contributed by atoms with Crippen LogP contribution in [0.15, 0.2) is 24.3 Å². The first-order valence-corrected chi connectivity index (χ1v) is 8.80. The standard InChI is InChI=1S/C18H27FN6.ClH/c1-12-11-24(13(2)10-20-12)16(14-6-8-15(19)9-7-14)17-21-22-23-25(17)18(3,4)5;/h6-9,12-13,16,20H,10-11H2,1-5H3;1H/t12-,13+,16?;/m0./s1. The van der Waals surface area contributed by atoms with E-state index in [1.807, 2.05) is 16.8 Å². The van der Waals surface area contributed by atoms with Crippen LogP contribution in [0.3, 0.4) is 0 Å². The maximum atomic E-state index is 13.5. The molecule has 0 aliphatic carbocycles. The third-order valence-corrected chi connectivity index (χ3v) is 4.70. The normalized spacial score (nSPS) is 22.7. The highest BCUT2D eigenvalue weighted by molar-refractivity contribution is 5.85. The Labute approximate surface area is 160 Å². The van der Waals surface area contributed by atoms with Crippen LogP contribution in [0, 0.1) is 5.82 Å². The van der Waals surface area contributed by atoms with Crippen molar-refractivity contribution in [2.24, 2.45) is 0 Å². The van der Waals surface area contributed by atoms with Gasteiger partial charge < -0.3 is 5.32 Å². The average molecular weight is 383 g/mol. The molecule has 2 aromatic rings. The van der Waals surface area contributed by atoms with Crippen molar-refractivity contribution in [2.45, 2.75) is 58.3 Å². The Bertz CT molecular complexity index is 711. The van der Waals surface area contributed by atoms with Crippen LogP contribution in [-0.2, 0) is 5.54 Å². The number of aromatic nitrogens is 4. The minimum Gasteiger partial charge on any atom is -0.311 e. The first kappa shape index (κ1) is 20.7. The summed E-state index contributed by atoms with van der Waals surface area (Å²) in [4.78, 5) is 2.41. The number of hydrogen-bond acceptors (Lipinski definition) is 5. The second-order valence-electron chi connectivity index (χ2n) is 7.93. The lowest BCUT2D eigenvalue weighted by atomic mass is 9.98. The molecule has 1 unspecified atom stereocenters. The second-order valence-corrected chi connectivity index (χ2v) is 7.93. The van der Waals surface area contributed by atoms with Crippen LogP contribution < -0.4 is 5.32 Å². The van der Waals surface area contributed by atoms with Crippen molar-refractivity contribution in [2.75, 3.05) is 13.1 Å². The molecule has 1 aliphatic heterocycles. The van der Waals surface area contributed by atoms with Gasteiger partial charge in [-0.25, -0.2) is 9.07 Å². The third kappa shape index (κ3) is 4.22. The molecular weight excluding hydrogens is 355 g/mol. The summed E-state index contributed by atoms with van der Waals surface area (Å²) in [5, 5.41) is 16.0. The first-order valence-electron chi connectivity index (χ1n) is 8.80. The van der Waals surface area contributed by atoms with Gasteiger partial charge in [-0.3, -0.25) is 4.90 Å². The van der Waals surface area contributed by atoms with E-state index < -0.39 is 0 Å². The number of hydrogen-bond donors (Lipinski definition) is 1. The smallest absolute Gasteiger partial charge is 0.173 e. The summed E-state index contributed by atoms with van der Waals surface area (Å²) in [6.07, 6.45) is 0. The van der Waals surface area contributed by atoms with Gasteiger partial charge in [-0.2, -0.15) is 0 Å². The van der Waals surface area contributed by atoms with Crippen LogP contribution in [0.5, 0.6) is 0 Å². The van der Waals surface area contributed by atoms with E-state index in [9.17, 15) is 4.39 Å². The molecule has 3 rings (SSSR count). The van der Waals surface area contributed by atoms with Gasteiger partial charge in [0, 0.05) is 25.2 Å². The van der Waals surface area contributed by atoms with Crippen molar-refractivity contribution >= 4 is 12.4 Å². The predicted molar refractivity (Wildman–Crippen MR) is 102 cm³/mol. The van der Waals surface area contributed by atoms with Crippen LogP contribution >= 0.6 is 12.4 Å². The monoisotopic (exact) mass is 382 g/mol. The second kappa shape index (κ2) is 7.98. The summed E-state index contributed by atoms with van der Waals surface area (Å²) in [6.45, 7) is 12.4. The van der Waals surface area contributed by atoms with Gasteiger partial charge in [0.25, 0.3) is 0 Å². The fourth-order valence-corrected chi connectivity index (χ4v) is 3.39. The van der Waals surface area contributed by atoms with Gasteiger partial charge in [-0.05, 0) is 62.7 Å². The molecule has 1 aromatic carbocycles. The van der Waals surface area contributed by atoms with Gasteiger partial charge in [-0.1, -0.05) is 12.1 Å². The molecule has 8 heteroatoms. The molecule has 1 aromatic heterocycles. The largest absolute Gasteiger partial charge is 0.311 e. The minimum absolute atomic E-state index is 0. The highest BCUT2D eigenvalue weighted by Crippen LogP contribution is 2.32. The molecule has 1 N–H and O–H groups in total. The van der Waals surface area contributed by atoms with Crippen LogP contribution in [0.1, 0.15) is 52.0 Å². The van der Waals surface area contributed by atoms with E-state index in [-0.39, 0.29) is 29.8 Å². The van der Waals surface area contributed by atoms with Crippen molar-refractivity contribution in [1.82, 2.24) is 30.4 Å². The molecule has 1 saturated heterocycles. The molecule has 2 heterocycles. The number of halogens is 2. The van der Waals surface area contributed by atoms with Crippen LogP contribution in [0.4, 0.5) is 4.39 Å². The van der Waals surface area contributed by atoms with Gasteiger partial charge in [-0.15, -0.1) is 17.5 Å². The van der Waals surface area contributed by atoms with Gasteiger partial charge in [0.05, 0.1) is 11.6 Å². The summed E-state index contributed by atoms with van der Waals surface area (Å²) >= 11 is 0. The minimum atomic E-state index is -0.236. The topological polar surface area (TPSA) is 58.9 Å². The Hall–Kier alpha value is -1.57. The summed E-state index contributed by atoms with van der Waals surface area (Å²) in [6, 6.07) is 7.25. The molecule has 6 nitrogen and oxygen atoms in total. The van der Waals surface area contributed by atoms with Gasteiger partial charge >= 0.3 is 0 Å². The van der Waals surface area contributed by atoms with E-state index in [1.54, 1.807) is 0 Å². The van der Waals surface area contributed by atoms with Crippen molar-refractivity contribution < 1.29 is 4.39 Å². The number of benzene rings is 1. The Morgan fingerprint density at radius 3 is 2.46 bits per heavy atom. The summed E-state index contributed by atoms with van der Waals surface area (Å²) in [5.74, 6) is 0.555. The van der Waals surface area contributed by atoms with E-state index in [2.05, 4.69) is 60.4 Å². The third-order valence-electron chi connectivity index (χ3n) is 4.70. The fourth-order valence-electron chi connectivity index (χ4n) is 3.39. The number of piperazine rings is 1. The lowest BCUT2D eigenvalue weighted by molar-refractivity contribution is 0.103. The van der Waals surface area contributed by atoms with Crippen LogP contribution in [0.25, 0.3) is 0 Å². The van der Waals surface area contributed by atoms with E-state index in [1.165, 1.54) is 12.1 Å². The van der Waals surface area contributed by atoms with E-state index in [0.717, 1.165) is 24.5 Å². The molecule has 0 bridgehead atoms. The van der Waals surface area contributed by atoms with Gasteiger partial charge in [0.1, 0.15) is 5.82 Å². The molecule has 26 heavy (non-hydrogen) atoms. The van der Waals surface area contributed by atoms with Crippen LogP contribution in [-0.4, -0.2) is 50.3 Å². The molecular formula is C18H28ClFN6. The van der Waals surface area contributed by atoms with E-state index in [0.29, 0.717) is 12.1 Å². The maximum absolute atomic E-state index is 13.5. The predicted octanol–water partition coefficient (Wildman–Crippen LogP) is 2.76. The van der Waals surface area contributed by atoms with Gasteiger partial charge in [0.2, 0.25) is 0 Å². The maximum Gasteiger partial charge on any atom is 0.173 e. The number of nitrogens with one attached hydrogen (secondary N) is 1. The Morgan fingerprint density at radius 1 is 1.19 bits per heavy atom. The van der Waals surface area contributed by atoms with Crippen molar-refractivity contribution in [1.29, 1.82) is 0 Å². The zero-order chi connectivity index (χ0) is 18.2. The molecule has 3 atom stereocenters. The number of rotatable bonds is 3. The number of tetrazole rings is 1. The SMILES string of the molecule is C[C@@H]1CN[C@@H](C)CN1C(c1ccc(F)cc1)c1nnnn1C(C)(C)C.Cl. The molecule has 0 amide bonds. The molecule has 144 valence electrons. The Kier molecular flexibility index (Phi) is 6.37. The van der Waals surface area contributed by atoms with Crippen molar-refractivity contribution in [3.8, 4) is 0 Å². The van der Waals surface area contributed by atoms with Crippen molar-refractivity contribution in [3.05, 3.63) is 41.5 Å². The summed E-state index contributed by atoms with van der Waals surface area (Å²) < 4.78 is 15.3. The van der Waals surface area contributed by atoms with E-state index in [4.69, 9.17) is 0 Å². The summed E-state index contributed by atoms with van der Waals surface area (Å²) in [5.41, 5.74) is 0.766. The lowest BCUT2D eigenvalue weighted by Crippen LogP contribution is -2.55. The van der Waals surface area contributed by atoms with Gasteiger partial charge in [0.15, 0.2) is 5.82 Å². The Balaban J connectivity index is 0.00000243. The molecule has 0 radical (unpaired) electrons. The van der Waals surface area contributed by atoms with Crippen LogP contribution in [0.2, 0.25) is 0 Å². The fraction of sp³-hybridized carbons (Fsp3) is 0.611. The zero-order valence-corrected chi connectivity index (χ0v) is 16.8. The molecule has 0 spiro atoms. The molecule has 1 aliphatic rings. The number of nitrogens with zero attached hydrogens (tertiary/aromatic N) is 5. The highest BCUT2D eigenvalue weighted by atomic mass is 35.5. The highest BCUT2D eigenvalue weighted by Gasteiger charge is 2.36.